The van der Waals surface area contributed by atoms with Crippen LogP contribution in [0.2, 0.25) is 0 Å². The Labute approximate surface area is 204 Å². The summed E-state index contributed by atoms with van der Waals surface area (Å²) in [7, 11) is 5.27. The summed E-state index contributed by atoms with van der Waals surface area (Å²) in [5, 5.41) is 7.22. The summed E-state index contributed by atoms with van der Waals surface area (Å²) in [5.74, 6) is 3.36. The molecule has 0 radical (unpaired) electrons. The summed E-state index contributed by atoms with van der Waals surface area (Å²) in [6.45, 7) is 5.55. The summed E-state index contributed by atoms with van der Waals surface area (Å²) >= 11 is 0. The van der Waals surface area contributed by atoms with E-state index in [1.807, 2.05) is 13.1 Å². The fraction of sp³-hybridized carbons (Fsp3) is 0.696. The monoisotopic (exact) mass is 543 g/mol. The van der Waals surface area contributed by atoms with Gasteiger partial charge in [-0.05, 0) is 44.6 Å². The minimum atomic E-state index is 0. The van der Waals surface area contributed by atoms with Crippen LogP contribution >= 0.6 is 24.0 Å². The molecule has 4 rings (SSSR count). The molecule has 2 heterocycles. The number of nitrogens with one attached hydrogen (secondary N) is 2. The molecule has 174 valence electrons. The van der Waals surface area contributed by atoms with Crippen LogP contribution in [0.5, 0.6) is 11.5 Å². The van der Waals surface area contributed by atoms with E-state index in [0.717, 1.165) is 67.6 Å². The maximum absolute atomic E-state index is 5.42. The molecule has 1 unspecified atom stereocenters. The van der Waals surface area contributed by atoms with Crippen molar-refractivity contribution in [3.05, 3.63) is 18.2 Å². The van der Waals surface area contributed by atoms with Crippen molar-refractivity contribution in [2.45, 2.75) is 44.2 Å². The Morgan fingerprint density at radius 3 is 2.26 bits per heavy atom. The van der Waals surface area contributed by atoms with Gasteiger partial charge in [0.25, 0.3) is 0 Å². The molecule has 1 aromatic carbocycles. The van der Waals surface area contributed by atoms with Crippen LogP contribution in [-0.4, -0.2) is 76.9 Å². The maximum atomic E-state index is 5.42. The Kier molecular flexibility index (Phi) is 8.95. The average Bonchev–Trinajstić information content (AvgIpc) is 3.54. The number of rotatable bonds is 7. The van der Waals surface area contributed by atoms with Gasteiger partial charge in [-0.15, -0.1) is 24.0 Å². The number of piperidine rings is 1. The van der Waals surface area contributed by atoms with Gasteiger partial charge in [0.05, 0.1) is 14.2 Å². The lowest BCUT2D eigenvalue weighted by molar-refractivity contribution is 0.314. The van der Waals surface area contributed by atoms with E-state index in [-0.39, 0.29) is 24.0 Å². The molecule has 0 aromatic heterocycles. The highest BCUT2D eigenvalue weighted by atomic mass is 127. The summed E-state index contributed by atoms with van der Waals surface area (Å²) in [5.41, 5.74) is 1.16. The predicted octanol–water partition coefficient (Wildman–Crippen LogP) is 2.94. The molecule has 1 saturated carbocycles. The van der Waals surface area contributed by atoms with Gasteiger partial charge in [-0.25, -0.2) is 0 Å². The van der Waals surface area contributed by atoms with Gasteiger partial charge in [-0.3, -0.25) is 4.99 Å². The number of anilines is 1. The second kappa shape index (κ2) is 11.4. The van der Waals surface area contributed by atoms with Crippen LogP contribution in [0.1, 0.15) is 32.1 Å². The minimum Gasteiger partial charge on any atom is -0.497 e. The molecule has 0 bridgehead atoms. The van der Waals surface area contributed by atoms with Crippen molar-refractivity contribution in [1.82, 2.24) is 15.5 Å². The largest absolute Gasteiger partial charge is 0.497 e. The predicted molar refractivity (Wildman–Crippen MR) is 137 cm³/mol. The molecule has 0 amide bonds. The van der Waals surface area contributed by atoms with Crippen molar-refractivity contribution in [2.75, 3.05) is 58.9 Å². The van der Waals surface area contributed by atoms with Gasteiger partial charge in [0.15, 0.2) is 5.96 Å². The van der Waals surface area contributed by atoms with Gasteiger partial charge in [-0.2, -0.15) is 0 Å². The Morgan fingerprint density at radius 1 is 1.00 bits per heavy atom. The molecule has 2 saturated heterocycles. The number of methoxy groups -OCH3 is 2. The highest BCUT2D eigenvalue weighted by Gasteiger charge is 2.34. The van der Waals surface area contributed by atoms with Gasteiger partial charge in [-0.1, -0.05) is 0 Å². The fourth-order valence-corrected chi connectivity index (χ4v) is 4.69. The molecule has 2 aliphatic heterocycles. The summed E-state index contributed by atoms with van der Waals surface area (Å²) in [6.07, 6.45) is 6.29. The van der Waals surface area contributed by atoms with Crippen molar-refractivity contribution in [1.29, 1.82) is 0 Å². The second-order valence-electron chi connectivity index (χ2n) is 8.81. The SMILES string of the molecule is CN=C(NCC1CCN(C2CC2)C1)NC1CCN(c2cc(OC)cc(OC)c2)CC1.I. The number of guanidine groups is 1. The number of hydrogen-bond donors (Lipinski definition) is 2. The van der Waals surface area contributed by atoms with Gasteiger partial charge < -0.3 is 29.9 Å². The average molecular weight is 543 g/mol. The Bertz CT molecular complexity index is 712. The smallest absolute Gasteiger partial charge is 0.191 e. The molecule has 8 heteroatoms. The quantitative estimate of drug-likeness (QED) is 0.314. The van der Waals surface area contributed by atoms with Gasteiger partial charge in [0.2, 0.25) is 0 Å². The molecular weight excluding hydrogens is 505 g/mol. The van der Waals surface area contributed by atoms with Crippen LogP contribution in [0.3, 0.4) is 0 Å². The van der Waals surface area contributed by atoms with E-state index in [1.165, 1.54) is 32.4 Å². The number of nitrogens with zero attached hydrogens (tertiary/aromatic N) is 3. The fourth-order valence-electron chi connectivity index (χ4n) is 4.69. The van der Waals surface area contributed by atoms with E-state index in [4.69, 9.17) is 9.47 Å². The normalized spacial score (nSPS) is 22.7. The van der Waals surface area contributed by atoms with Crippen LogP contribution < -0.4 is 25.0 Å². The number of halogens is 1. The standard InChI is InChI=1S/C23H37N5O2.HI/c1-24-23(25-15-17-6-9-28(16-17)19-4-5-19)26-18-7-10-27(11-8-18)20-12-21(29-2)14-22(13-20)30-3;/h12-14,17-19H,4-11,15-16H2,1-3H3,(H2,24,25,26);1H. The molecule has 3 aliphatic rings. The Morgan fingerprint density at radius 2 is 1.68 bits per heavy atom. The topological polar surface area (TPSA) is 61.4 Å². The van der Waals surface area contributed by atoms with Crippen LogP contribution in [0.4, 0.5) is 5.69 Å². The van der Waals surface area contributed by atoms with Crippen molar-refractivity contribution in [2.24, 2.45) is 10.9 Å². The van der Waals surface area contributed by atoms with Gasteiger partial charge >= 0.3 is 0 Å². The van der Waals surface area contributed by atoms with E-state index >= 15 is 0 Å². The molecule has 3 fully saturated rings. The third-order valence-electron chi connectivity index (χ3n) is 6.70. The molecular formula is C23H38IN5O2. The van der Waals surface area contributed by atoms with Crippen LogP contribution in [0.25, 0.3) is 0 Å². The maximum Gasteiger partial charge on any atom is 0.191 e. The van der Waals surface area contributed by atoms with E-state index in [0.29, 0.717) is 6.04 Å². The van der Waals surface area contributed by atoms with Crippen LogP contribution in [-0.2, 0) is 0 Å². The highest BCUT2D eigenvalue weighted by molar-refractivity contribution is 14.0. The highest BCUT2D eigenvalue weighted by Crippen LogP contribution is 2.32. The first-order valence-electron chi connectivity index (χ1n) is 11.4. The number of likely N-dealkylation sites (tertiary alicyclic amines) is 1. The van der Waals surface area contributed by atoms with Crippen LogP contribution in [0, 0.1) is 5.92 Å². The lowest BCUT2D eigenvalue weighted by atomic mass is 10.0. The van der Waals surface area contributed by atoms with Crippen molar-refractivity contribution >= 4 is 35.6 Å². The zero-order valence-electron chi connectivity index (χ0n) is 19.1. The molecule has 0 spiro atoms. The third-order valence-corrected chi connectivity index (χ3v) is 6.70. The van der Waals surface area contributed by atoms with Gasteiger partial charge in [0.1, 0.15) is 11.5 Å². The number of aliphatic imine (C=N–C) groups is 1. The van der Waals surface area contributed by atoms with Crippen molar-refractivity contribution < 1.29 is 9.47 Å². The Balaban J connectivity index is 0.00000272. The third kappa shape index (κ3) is 6.54. The zero-order chi connectivity index (χ0) is 20.9. The summed E-state index contributed by atoms with van der Waals surface area (Å²) < 4.78 is 10.8. The lowest BCUT2D eigenvalue weighted by Gasteiger charge is -2.35. The van der Waals surface area contributed by atoms with Crippen molar-refractivity contribution in [3.63, 3.8) is 0 Å². The minimum absolute atomic E-state index is 0. The number of benzene rings is 1. The molecule has 1 aliphatic carbocycles. The number of ether oxygens (including phenoxy) is 2. The summed E-state index contributed by atoms with van der Waals surface area (Å²) in [6, 6.07) is 7.43. The molecule has 1 atom stereocenters. The van der Waals surface area contributed by atoms with Crippen LogP contribution in [0.15, 0.2) is 23.2 Å². The van der Waals surface area contributed by atoms with Gasteiger partial charge in [0, 0.05) is 69.2 Å². The van der Waals surface area contributed by atoms with E-state index in [9.17, 15) is 0 Å². The number of hydrogen-bond acceptors (Lipinski definition) is 5. The molecule has 31 heavy (non-hydrogen) atoms. The second-order valence-corrected chi connectivity index (χ2v) is 8.81. The van der Waals surface area contributed by atoms with E-state index < -0.39 is 0 Å². The first-order chi connectivity index (χ1) is 14.7. The van der Waals surface area contributed by atoms with E-state index in [1.54, 1.807) is 14.2 Å². The molecule has 1 aromatic rings. The summed E-state index contributed by atoms with van der Waals surface area (Å²) in [4.78, 5) is 9.55. The lowest BCUT2D eigenvalue weighted by Crippen LogP contribution is -2.49. The van der Waals surface area contributed by atoms with E-state index in [2.05, 4.69) is 37.6 Å². The Hall–Kier alpha value is -1.42. The molecule has 7 nitrogen and oxygen atoms in total. The zero-order valence-corrected chi connectivity index (χ0v) is 21.4. The molecule has 2 N–H and O–H groups in total. The van der Waals surface area contributed by atoms with Crippen molar-refractivity contribution in [3.8, 4) is 11.5 Å². The first kappa shape index (κ1) is 24.2. The first-order valence-corrected chi connectivity index (χ1v) is 11.4.